The molecule has 96 valence electrons. The van der Waals surface area contributed by atoms with E-state index in [4.69, 9.17) is 4.74 Å². The summed E-state index contributed by atoms with van der Waals surface area (Å²) >= 11 is 0. The number of hydrogen-bond acceptors (Lipinski definition) is 2. The highest BCUT2D eigenvalue weighted by Gasteiger charge is 1.90. The summed E-state index contributed by atoms with van der Waals surface area (Å²) < 4.78 is 5.17. The molecule has 19 heavy (non-hydrogen) atoms. The van der Waals surface area contributed by atoms with Gasteiger partial charge in [-0.1, -0.05) is 48.5 Å². The zero-order chi connectivity index (χ0) is 13.3. The fourth-order valence-electron chi connectivity index (χ4n) is 1.70. The van der Waals surface area contributed by atoms with Gasteiger partial charge in [0.25, 0.3) is 0 Å². The minimum absolute atomic E-state index is 0.712. The Bertz CT molecular complexity index is 558. The van der Waals surface area contributed by atoms with Crippen LogP contribution in [0.15, 0.2) is 65.7 Å². The van der Waals surface area contributed by atoms with E-state index in [1.807, 2.05) is 60.8 Å². The molecule has 2 aromatic carbocycles. The van der Waals surface area contributed by atoms with Crippen LogP contribution in [0.4, 0.5) is 0 Å². The first kappa shape index (κ1) is 13.1. The maximum absolute atomic E-state index is 5.17. The minimum Gasteiger partial charge on any atom is -0.497 e. The Balaban J connectivity index is 1.89. The Labute approximate surface area is 114 Å². The van der Waals surface area contributed by atoms with E-state index >= 15 is 0 Å². The molecule has 0 fully saturated rings. The molecule has 0 aliphatic carbocycles. The summed E-state index contributed by atoms with van der Waals surface area (Å²) in [4.78, 5) is 4.36. The van der Waals surface area contributed by atoms with Gasteiger partial charge in [-0.05, 0) is 29.3 Å². The third-order valence-corrected chi connectivity index (χ3v) is 2.69. The molecule has 0 aliphatic heterocycles. The molecule has 0 spiro atoms. The van der Waals surface area contributed by atoms with E-state index in [2.05, 4.69) is 17.1 Å². The number of hydrogen-bond donors (Lipinski definition) is 0. The Kier molecular flexibility index (Phi) is 4.94. The van der Waals surface area contributed by atoms with Crippen LogP contribution in [-0.2, 0) is 6.54 Å². The lowest BCUT2D eigenvalue weighted by Gasteiger charge is -1.99. The number of benzene rings is 2. The van der Waals surface area contributed by atoms with Crippen LogP contribution in [0.25, 0.3) is 6.08 Å². The van der Waals surface area contributed by atoms with E-state index in [-0.39, 0.29) is 0 Å². The van der Waals surface area contributed by atoms with Gasteiger partial charge in [-0.15, -0.1) is 0 Å². The minimum atomic E-state index is 0.712. The molecule has 0 aliphatic rings. The molecular formula is C17H17NO. The van der Waals surface area contributed by atoms with Crippen molar-refractivity contribution in [3.8, 4) is 5.75 Å². The van der Waals surface area contributed by atoms with Crippen molar-refractivity contribution in [2.45, 2.75) is 6.54 Å². The van der Waals surface area contributed by atoms with Gasteiger partial charge in [0.1, 0.15) is 5.75 Å². The van der Waals surface area contributed by atoms with E-state index < -0.39 is 0 Å². The molecule has 0 bridgehead atoms. The molecular weight excluding hydrogens is 234 g/mol. The van der Waals surface area contributed by atoms with Gasteiger partial charge in [0.2, 0.25) is 0 Å². The zero-order valence-corrected chi connectivity index (χ0v) is 11.0. The van der Waals surface area contributed by atoms with Crippen molar-refractivity contribution in [3.05, 3.63) is 71.8 Å². The first-order valence-corrected chi connectivity index (χ1v) is 6.23. The predicted octanol–water partition coefficient (Wildman–Crippen LogP) is 3.98. The average molecular weight is 251 g/mol. The standard InChI is InChI=1S/C17H17NO/c1-19-17-11-5-9-15(13-17)10-6-12-18-14-16-7-3-2-4-8-16/h2-13H,14H2,1H3/b10-6+,18-12+. The largest absolute Gasteiger partial charge is 0.497 e. The van der Waals surface area contributed by atoms with Gasteiger partial charge in [-0.2, -0.15) is 0 Å². The first-order valence-electron chi connectivity index (χ1n) is 6.23. The molecule has 2 heteroatoms. The second-order valence-electron chi connectivity index (χ2n) is 4.11. The maximum atomic E-state index is 5.17. The monoisotopic (exact) mass is 251 g/mol. The van der Waals surface area contributed by atoms with Gasteiger partial charge >= 0.3 is 0 Å². The molecule has 0 atom stereocenters. The Morgan fingerprint density at radius 1 is 1.05 bits per heavy atom. The molecule has 0 radical (unpaired) electrons. The number of ether oxygens (including phenoxy) is 1. The van der Waals surface area contributed by atoms with E-state index in [9.17, 15) is 0 Å². The van der Waals surface area contributed by atoms with E-state index in [1.165, 1.54) is 5.56 Å². The van der Waals surface area contributed by atoms with Crippen LogP contribution in [0.1, 0.15) is 11.1 Å². The van der Waals surface area contributed by atoms with Gasteiger partial charge in [-0.3, -0.25) is 4.99 Å². The Hall–Kier alpha value is -2.35. The van der Waals surface area contributed by atoms with Crippen LogP contribution >= 0.6 is 0 Å². The van der Waals surface area contributed by atoms with Crippen molar-refractivity contribution in [2.75, 3.05) is 7.11 Å². The van der Waals surface area contributed by atoms with Crippen LogP contribution in [-0.4, -0.2) is 13.3 Å². The predicted molar refractivity (Wildman–Crippen MR) is 80.7 cm³/mol. The Morgan fingerprint density at radius 2 is 1.89 bits per heavy atom. The van der Waals surface area contributed by atoms with Crippen molar-refractivity contribution in [2.24, 2.45) is 4.99 Å². The first-order chi connectivity index (χ1) is 9.38. The molecule has 0 saturated heterocycles. The molecule has 2 aromatic rings. The molecule has 0 unspecified atom stereocenters. The number of rotatable bonds is 5. The zero-order valence-electron chi connectivity index (χ0n) is 11.0. The van der Waals surface area contributed by atoms with Crippen LogP contribution in [0, 0.1) is 0 Å². The third kappa shape index (κ3) is 4.43. The third-order valence-electron chi connectivity index (χ3n) is 2.69. The summed E-state index contributed by atoms with van der Waals surface area (Å²) in [5, 5.41) is 0. The maximum Gasteiger partial charge on any atom is 0.119 e. The van der Waals surface area contributed by atoms with Gasteiger partial charge in [0.15, 0.2) is 0 Å². The second kappa shape index (κ2) is 7.17. The van der Waals surface area contributed by atoms with E-state index in [0.29, 0.717) is 6.54 Å². The fourth-order valence-corrected chi connectivity index (χ4v) is 1.70. The van der Waals surface area contributed by atoms with Crippen molar-refractivity contribution < 1.29 is 4.74 Å². The van der Waals surface area contributed by atoms with Crippen molar-refractivity contribution in [1.29, 1.82) is 0 Å². The molecule has 0 saturated carbocycles. The normalized spacial score (nSPS) is 11.2. The summed E-state index contributed by atoms with van der Waals surface area (Å²) in [7, 11) is 1.67. The van der Waals surface area contributed by atoms with Gasteiger partial charge in [0, 0.05) is 6.21 Å². The molecule has 2 nitrogen and oxygen atoms in total. The highest BCUT2D eigenvalue weighted by atomic mass is 16.5. The average Bonchev–Trinajstić information content (AvgIpc) is 2.48. The lowest BCUT2D eigenvalue weighted by Crippen LogP contribution is -1.82. The molecule has 0 heterocycles. The number of nitrogens with zero attached hydrogens (tertiary/aromatic N) is 1. The summed E-state index contributed by atoms with van der Waals surface area (Å²) in [5.41, 5.74) is 2.32. The van der Waals surface area contributed by atoms with E-state index in [1.54, 1.807) is 7.11 Å². The topological polar surface area (TPSA) is 21.6 Å². The molecule has 0 N–H and O–H groups in total. The molecule has 2 rings (SSSR count). The van der Waals surface area contributed by atoms with Crippen LogP contribution in [0.3, 0.4) is 0 Å². The summed E-state index contributed by atoms with van der Waals surface area (Å²) in [6.45, 7) is 0.712. The van der Waals surface area contributed by atoms with Crippen molar-refractivity contribution in [3.63, 3.8) is 0 Å². The smallest absolute Gasteiger partial charge is 0.119 e. The lowest BCUT2D eigenvalue weighted by atomic mass is 10.2. The van der Waals surface area contributed by atoms with Crippen LogP contribution in [0.2, 0.25) is 0 Å². The van der Waals surface area contributed by atoms with Crippen LogP contribution < -0.4 is 4.74 Å². The highest BCUT2D eigenvalue weighted by molar-refractivity contribution is 5.78. The number of methoxy groups -OCH3 is 1. The fraction of sp³-hybridized carbons (Fsp3) is 0.118. The molecule has 0 amide bonds. The lowest BCUT2D eigenvalue weighted by molar-refractivity contribution is 0.414. The second-order valence-corrected chi connectivity index (χ2v) is 4.11. The quantitative estimate of drug-likeness (QED) is 0.736. The number of allylic oxidation sites excluding steroid dienone is 1. The van der Waals surface area contributed by atoms with Crippen molar-refractivity contribution >= 4 is 12.3 Å². The van der Waals surface area contributed by atoms with Crippen LogP contribution in [0.5, 0.6) is 5.75 Å². The van der Waals surface area contributed by atoms with Gasteiger partial charge < -0.3 is 4.74 Å². The summed E-state index contributed by atoms with van der Waals surface area (Å²) in [5.74, 6) is 0.864. The van der Waals surface area contributed by atoms with Gasteiger partial charge in [0.05, 0.1) is 13.7 Å². The number of aliphatic imine (C=N–C) groups is 1. The SMILES string of the molecule is COc1cccc(/C=C/C=N/Cc2ccccc2)c1. The van der Waals surface area contributed by atoms with Crippen molar-refractivity contribution in [1.82, 2.24) is 0 Å². The Morgan fingerprint density at radius 3 is 2.68 bits per heavy atom. The summed E-state index contributed by atoms with van der Waals surface area (Å²) in [6.07, 6.45) is 5.78. The highest BCUT2D eigenvalue weighted by Crippen LogP contribution is 2.13. The molecule has 0 aromatic heterocycles. The summed E-state index contributed by atoms with van der Waals surface area (Å²) in [6, 6.07) is 18.1. The van der Waals surface area contributed by atoms with E-state index in [0.717, 1.165) is 11.3 Å². The van der Waals surface area contributed by atoms with Gasteiger partial charge in [-0.25, -0.2) is 0 Å².